The molecule has 7 heteroatoms. The molecule has 0 radical (unpaired) electrons. The molecule has 1 aliphatic rings. The van der Waals surface area contributed by atoms with Crippen LogP contribution in [0.4, 0.5) is 0 Å². The number of carbonyl (C=O) groups is 1. The molecule has 23 heavy (non-hydrogen) atoms. The van der Waals surface area contributed by atoms with Crippen molar-refractivity contribution in [3.05, 3.63) is 44.7 Å². The summed E-state index contributed by atoms with van der Waals surface area (Å²) in [6.07, 6.45) is 2.50. The van der Waals surface area contributed by atoms with Gasteiger partial charge in [-0.3, -0.25) is 9.59 Å². The van der Waals surface area contributed by atoms with Crippen LogP contribution in [0.25, 0.3) is 0 Å². The van der Waals surface area contributed by atoms with E-state index in [-0.39, 0.29) is 23.9 Å². The lowest BCUT2D eigenvalue weighted by Gasteiger charge is -2.24. The lowest BCUT2D eigenvalue weighted by molar-refractivity contribution is -0.121. The Bertz CT molecular complexity index is 787. The lowest BCUT2D eigenvalue weighted by atomic mass is 9.92. The van der Waals surface area contributed by atoms with Crippen LogP contribution < -0.4 is 10.9 Å². The molecule has 0 saturated carbocycles. The summed E-state index contributed by atoms with van der Waals surface area (Å²) in [4.78, 5) is 24.0. The fourth-order valence-corrected chi connectivity index (χ4v) is 3.00. The third-order valence-corrected chi connectivity index (χ3v) is 4.34. The first-order valence-corrected chi connectivity index (χ1v) is 7.71. The normalized spacial score (nSPS) is 16.9. The van der Waals surface area contributed by atoms with Gasteiger partial charge in [-0.25, -0.2) is 4.68 Å². The van der Waals surface area contributed by atoms with Gasteiger partial charge in [0.1, 0.15) is 5.76 Å². The molecule has 1 N–H and O–H groups in total. The third kappa shape index (κ3) is 3.18. The van der Waals surface area contributed by atoms with Gasteiger partial charge in [0.25, 0.3) is 5.56 Å². The SMILES string of the molecule is Cc1noc(C)c1CC(=O)N[C@@H]1CCc2nn(C)c(=O)cc2C1. The van der Waals surface area contributed by atoms with Crippen LogP contribution in [-0.2, 0) is 31.1 Å². The number of rotatable bonds is 3. The fourth-order valence-electron chi connectivity index (χ4n) is 3.00. The van der Waals surface area contributed by atoms with Crippen LogP contribution in [0, 0.1) is 13.8 Å². The fraction of sp³-hybridized carbons (Fsp3) is 0.500. The maximum absolute atomic E-state index is 12.3. The van der Waals surface area contributed by atoms with Crippen LogP contribution in [0.15, 0.2) is 15.4 Å². The summed E-state index contributed by atoms with van der Waals surface area (Å²) in [6, 6.07) is 1.65. The first kappa shape index (κ1) is 15.5. The minimum absolute atomic E-state index is 0.0318. The molecule has 0 unspecified atom stereocenters. The Balaban J connectivity index is 1.66. The summed E-state index contributed by atoms with van der Waals surface area (Å²) >= 11 is 0. The van der Waals surface area contributed by atoms with Crippen molar-refractivity contribution < 1.29 is 9.32 Å². The predicted octanol–water partition coefficient (Wildman–Crippen LogP) is 0.601. The Labute approximate surface area is 133 Å². The summed E-state index contributed by atoms with van der Waals surface area (Å²) < 4.78 is 6.44. The summed E-state index contributed by atoms with van der Waals surface area (Å²) in [5, 5.41) is 11.2. The molecule has 1 amide bonds. The standard InChI is InChI=1S/C16H20N4O3/c1-9-13(10(2)23-19-9)8-15(21)17-12-4-5-14-11(6-12)7-16(22)20(3)18-14/h7,12H,4-6,8H2,1-3H3,(H,17,21)/t12-/m1/s1. The molecule has 2 heterocycles. The number of carbonyl (C=O) groups excluding carboxylic acids is 1. The summed E-state index contributed by atoms with van der Waals surface area (Å²) in [7, 11) is 1.65. The van der Waals surface area contributed by atoms with Gasteiger partial charge in [-0.2, -0.15) is 5.10 Å². The van der Waals surface area contributed by atoms with E-state index in [1.54, 1.807) is 20.0 Å². The number of nitrogens with one attached hydrogen (secondary N) is 1. The van der Waals surface area contributed by atoms with Crippen LogP contribution in [0.2, 0.25) is 0 Å². The molecule has 0 saturated heterocycles. The van der Waals surface area contributed by atoms with Crippen molar-refractivity contribution in [2.75, 3.05) is 0 Å². The van der Waals surface area contributed by atoms with Gasteiger partial charge in [-0.05, 0) is 38.7 Å². The number of aromatic nitrogens is 3. The molecule has 0 aromatic carbocycles. The zero-order valence-electron chi connectivity index (χ0n) is 13.5. The average molecular weight is 316 g/mol. The van der Waals surface area contributed by atoms with Gasteiger partial charge in [0.05, 0.1) is 17.8 Å². The Morgan fingerprint density at radius 2 is 2.26 bits per heavy atom. The number of aryl methyl sites for hydroxylation is 4. The van der Waals surface area contributed by atoms with Crippen LogP contribution >= 0.6 is 0 Å². The molecule has 3 rings (SSSR count). The predicted molar refractivity (Wildman–Crippen MR) is 83.1 cm³/mol. The molecule has 122 valence electrons. The van der Waals surface area contributed by atoms with Crippen molar-refractivity contribution in [3.63, 3.8) is 0 Å². The zero-order chi connectivity index (χ0) is 16.6. The van der Waals surface area contributed by atoms with Crippen molar-refractivity contribution in [2.45, 2.75) is 45.6 Å². The minimum Gasteiger partial charge on any atom is -0.361 e. The molecular weight excluding hydrogens is 296 g/mol. The second-order valence-electron chi connectivity index (χ2n) is 6.06. The van der Waals surface area contributed by atoms with Gasteiger partial charge in [-0.15, -0.1) is 0 Å². The molecular formula is C16H20N4O3. The van der Waals surface area contributed by atoms with E-state index in [4.69, 9.17) is 4.52 Å². The van der Waals surface area contributed by atoms with Crippen molar-refractivity contribution in [1.82, 2.24) is 20.3 Å². The van der Waals surface area contributed by atoms with Crippen LogP contribution in [0.5, 0.6) is 0 Å². The summed E-state index contributed by atoms with van der Waals surface area (Å²) in [6.45, 7) is 3.64. The van der Waals surface area contributed by atoms with E-state index in [2.05, 4.69) is 15.6 Å². The monoisotopic (exact) mass is 316 g/mol. The highest BCUT2D eigenvalue weighted by Crippen LogP contribution is 2.18. The number of hydrogen-bond donors (Lipinski definition) is 1. The Kier molecular flexibility index (Phi) is 4.02. The number of nitrogens with zero attached hydrogens (tertiary/aromatic N) is 3. The molecule has 0 bridgehead atoms. The van der Waals surface area contributed by atoms with Gasteiger partial charge in [0, 0.05) is 24.7 Å². The zero-order valence-corrected chi connectivity index (χ0v) is 13.5. The van der Waals surface area contributed by atoms with Gasteiger partial charge in [0.15, 0.2) is 0 Å². The first-order valence-electron chi connectivity index (χ1n) is 7.71. The summed E-state index contributed by atoms with van der Waals surface area (Å²) in [5.41, 5.74) is 3.35. The van der Waals surface area contributed by atoms with Gasteiger partial charge < -0.3 is 9.84 Å². The molecule has 0 aliphatic heterocycles. The van der Waals surface area contributed by atoms with E-state index in [0.29, 0.717) is 12.2 Å². The maximum atomic E-state index is 12.3. The highest BCUT2D eigenvalue weighted by atomic mass is 16.5. The average Bonchev–Trinajstić information content (AvgIpc) is 2.80. The molecule has 1 aliphatic carbocycles. The topological polar surface area (TPSA) is 90.0 Å². The minimum atomic E-state index is -0.119. The number of amides is 1. The van der Waals surface area contributed by atoms with Crippen molar-refractivity contribution in [2.24, 2.45) is 7.05 Å². The quantitative estimate of drug-likeness (QED) is 0.895. The first-order chi connectivity index (χ1) is 10.9. The van der Waals surface area contributed by atoms with E-state index in [9.17, 15) is 9.59 Å². The highest BCUT2D eigenvalue weighted by molar-refractivity contribution is 5.79. The van der Waals surface area contributed by atoms with E-state index >= 15 is 0 Å². The van der Waals surface area contributed by atoms with Crippen LogP contribution in [-0.4, -0.2) is 26.9 Å². The van der Waals surface area contributed by atoms with Crippen LogP contribution in [0.3, 0.4) is 0 Å². The maximum Gasteiger partial charge on any atom is 0.266 e. The van der Waals surface area contributed by atoms with E-state index in [1.165, 1.54) is 4.68 Å². The largest absolute Gasteiger partial charge is 0.361 e. The van der Waals surface area contributed by atoms with E-state index < -0.39 is 0 Å². The van der Waals surface area contributed by atoms with Crippen molar-refractivity contribution in [3.8, 4) is 0 Å². The highest BCUT2D eigenvalue weighted by Gasteiger charge is 2.23. The van der Waals surface area contributed by atoms with E-state index in [1.807, 2.05) is 6.92 Å². The second-order valence-corrected chi connectivity index (χ2v) is 6.06. The number of hydrogen-bond acceptors (Lipinski definition) is 5. The molecule has 2 aromatic heterocycles. The van der Waals surface area contributed by atoms with Gasteiger partial charge in [-0.1, -0.05) is 5.16 Å². The Morgan fingerprint density at radius 3 is 2.96 bits per heavy atom. The molecule has 0 fully saturated rings. The van der Waals surface area contributed by atoms with Gasteiger partial charge in [0.2, 0.25) is 5.91 Å². The van der Waals surface area contributed by atoms with Crippen LogP contribution in [0.1, 0.15) is 34.7 Å². The van der Waals surface area contributed by atoms with Crippen molar-refractivity contribution >= 4 is 5.91 Å². The second kappa shape index (κ2) is 5.98. The molecule has 7 nitrogen and oxygen atoms in total. The molecule has 1 atom stereocenters. The van der Waals surface area contributed by atoms with Crippen molar-refractivity contribution in [1.29, 1.82) is 0 Å². The Morgan fingerprint density at radius 1 is 1.48 bits per heavy atom. The van der Waals surface area contributed by atoms with Gasteiger partial charge >= 0.3 is 0 Å². The molecule has 2 aromatic rings. The molecule has 0 spiro atoms. The number of fused-ring (bicyclic) bond motifs is 1. The summed E-state index contributed by atoms with van der Waals surface area (Å²) in [5.74, 6) is 0.629. The Hall–Kier alpha value is -2.44. The van der Waals surface area contributed by atoms with E-state index in [0.717, 1.165) is 35.4 Å². The third-order valence-electron chi connectivity index (χ3n) is 4.34. The lowest BCUT2D eigenvalue weighted by Crippen LogP contribution is -2.40. The smallest absolute Gasteiger partial charge is 0.266 e.